The predicted octanol–water partition coefficient (Wildman–Crippen LogP) is 6.55. The Bertz CT molecular complexity index is 1290. The third-order valence-corrected chi connectivity index (χ3v) is 7.26. The lowest BCUT2D eigenvalue weighted by Gasteiger charge is -2.35. The van der Waals surface area contributed by atoms with Gasteiger partial charge < -0.3 is 19.9 Å². The fourth-order valence-corrected chi connectivity index (χ4v) is 5.20. The molecular formula is C33H36FN3O. The van der Waals surface area contributed by atoms with E-state index in [1.54, 1.807) is 0 Å². The van der Waals surface area contributed by atoms with Crippen LogP contribution < -0.4 is 15.0 Å². The molecule has 3 aromatic rings. The minimum absolute atomic E-state index is 0.214. The zero-order valence-electron chi connectivity index (χ0n) is 22.0. The summed E-state index contributed by atoms with van der Waals surface area (Å²) in [6, 6.07) is 23.2. The number of hydrogen-bond acceptors (Lipinski definition) is 4. The zero-order valence-corrected chi connectivity index (χ0v) is 22.0. The van der Waals surface area contributed by atoms with Crippen LogP contribution in [0.15, 0.2) is 96.4 Å². The molecule has 0 spiro atoms. The highest BCUT2D eigenvalue weighted by molar-refractivity contribution is 5.80. The Balaban J connectivity index is 1.35. The molecule has 5 rings (SSSR count). The van der Waals surface area contributed by atoms with Gasteiger partial charge in [-0.15, -0.1) is 5.73 Å². The summed E-state index contributed by atoms with van der Waals surface area (Å²) in [5.74, 6) is 0.638. The Morgan fingerprint density at radius 3 is 2.42 bits per heavy atom. The number of fused-ring (bicyclic) bond motifs is 1. The molecule has 4 nitrogen and oxygen atoms in total. The van der Waals surface area contributed by atoms with E-state index in [9.17, 15) is 4.39 Å². The van der Waals surface area contributed by atoms with Gasteiger partial charge in [0.05, 0.1) is 11.4 Å². The molecule has 2 heterocycles. The molecule has 1 saturated heterocycles. The van der Waals surface area contributed by atoms with Crippen LogP contribution in [-0.4, -0.2) is 37.6 Å². The second kappa shape index (κ2) is 12.7. The minimum Gasteiger partial charge on any atom is -0.489 e. The maximum absolute atomic E-state index is 13.3. The number of anilines is 1. The molecule has 1 N–H and O–H groups in total. The number of ether oxygens (including phenoxy) is 1. The quantitative estimate of drug-likeness (QED) is 0.314. The molecule has 38 heavy (non-hydrogen) atoms. The van der Waals surface area contributed by atoms with E-state index < -0.39 is 0 Å². The van der Waals surface area contributed by atoms with Crippen molar-refractivity contribution < 1.29 is 9.13 Å². The van der Waals surface area contributed by atoms with Crippen molar-refractivity contribution in [3.05, 3.63) is 119 Å². The van der Waals surface area contributed by atoms with Gasteiger partial charge in [-0.25, -0.2) is 4.39 Å². The summed E-state index contributed by atoms with van der Waals surface area (Å²) in [6.45, 7) is 10.1. The van der Waals surface area contributed by atoms with Crippen molar-refractivity contribution >= 4 is 11.8 Å². The predicted molar refractivity (Wildman–Crippen MR) is 154 cm³/mol. The zero-order chi connectivity index (χ0) is 26.2. The van der Waals surface area contributed by atoms with Gasteiger partial charge in [0.15, 0.2) is 0 Å². The van der Waals surface area contributed by atoms with E-state index >= 15 is 0 Å². The molecule has 196 valence electrons. The Kier molecular flexibility index (Phi) is 8.72. The lowest BCUT2D eigenvalue weighted by Crippen LogP contribution is -2.39. The number of piperidine rings is 1. The third-order valence-electron chi connectivity index (χ3n) is 7.26. The largest absolute Gasteiger partial charge is 0.489 e. The lowest BCUT2D eigenvalue weighted by molar-refractivity contribution is 0.234. The molecule has 3 aromatic carbocycles. The first kappa shape index (κ1) is 26.0. The highest BCUT2D eigenvalue weighted by Crippen LogP contribution is 2.37. The Morgan fingerprint density at radius 2 is 1.66 bits per heavy atom. The molecular weight excluding hydrogens is 473 g/mol. The van der Waals surface area contributed by atoms with Gasteiger partial charge in [0.25, 0.3) is 0 Å². The SMILES string of the molecule is C=C=C1C(CNCc2ccc(F)cc2)=Cc2ccc(OCc3ccccc3)cc2N1CCN1CCCCC1. The monoisotopic (exact) mass is 509 g/mol. The maximum atomic E-state index is 13.3. The van der Waals surface area contributed by atoms with Gasteiger partial charge >= 0.3 is 0 Å². The van der Waals surface area contributed by atoms with Crippen molar-refractivity contribution in [2.75, 3.05) is 37.6 Å². The summed E-state index contributed by atoms with van der Waals surface area (Å²) in [4.78, 5) is 4.91. The minimum atomic E-state index is -0.214. The van der Waals surface area contributed by atoms with Crippen molar-refractivity contribution in [3.8, 4) is 5.75 Å². The van der Waals surface area contributed by atoms with E-state index in [1.807, 2.05) is 36.4 Å². The van der Waals surface area contributed by atoms with Crippen molar-refractivity contribution in [2.24, 2.45) is 0 Å². The van der Waals surface area contributed by atoms with E-state index in [0.717, 1.165) is 65.6 Å². The van der Waals surface area contributed by atoms with E-state index in [2.05, 4.69) is 57.8 Å². The van der Waals surface area contributed by atoms with Crippen LogP contribution in [0.5, 0.6) is 5.75 Å². The highest BCUT2D eigenvalue weighted by atomic mass is 19.1. The second-order valence-electron chi connectivity index (χ2n) is 9.97. The first-order chi connectivity index (χ1) is 18.7. The molecule has 0 atom stereocenters. The average Bonchev–Trinajstić information content (AvgIpc) is 2.96. The van der Waals surface area contributed by atoms with Crippen LogP contribution in [0, 0.1) is 5.82 Å². The summed E-state index contributed by atoms with van der Waals surface area (Å²) in [6.07, 6.45) is 6.10. The molecule has 2 aliphatic rings. The maximum Gasteiger partial charge on any atom is 0.123 e. The number of nitrogens with zero attached hydrogens (tertiary/aromatic N) is 2. The molecule has 0 radical (unpaired) electrons. The number of nitrogens with one attached hydrogen (secondary N) is 1. The Labute approximate surface area is 225 Å². The van der Waals surface area contributed by atoms with Crippen LogP contribution in [0.25, 0.3) is 6.08 Å². The van der Waals surface area contributed by atoms with Crippen molar-refractivity contribution in [1.29, 1.82) is 0 Å². The van der Waals surface area contributed by atoms with E-state index in [-0.39, 0.29) is 5.82 Å². The summed E-state index contributed by atoms with van der Waals surface area (Å²) in [5.41, 5.74) is 9.87. The van der Waals surface area contributed by atoms with Crippen LogP contribution in [0.2, 0.25) is 0 Å². The first-order valence-electron chi connectivity index (χ1n) is 13.6. The summed E-state index contributed by atoms with van der Waals surface area (Å²) in [5, 5.41) is 3.52. The summed E-state index contributed by atoms with van der Waals surface area (Å²) in [7, 11) is 0. The molecule has 0 aromatic heterocycles. The molecule has 0 bridgehead atoms. The average molecular weight is 510 g/mol. The van der Waals surface area contributed by atoms with Crippen molar-refractivity contribution in [2.45, 2.75) is 32.4 Å². The number of likely N-dealkylation sites (tertiary alicyclic amines) is 1. The molecule has 5 heteroatoms. The number of rotatable bonds is 10. The van der Waals surface area contributed by atoms with Gasteiger partial charge in [0, 0.05) is 32.2 Å². The number of benzene rings is 3. The molecule has 0 aliphatic carbocycles. The number of halogens is 1. The molecule has 2 aliphatic heterocycles. The fourth-order valence-electron chi connectivity index (χ4n) is 5.20. The van der Waals surface area contributed by atoms with E-state index in [0.29, 0.717) is 19.7 Å². The van der Waals surface area contributed by atoms with Gasteiger partial charge in [0.2, 0.25) is 0 Å². The number of hydrogen-bond donors (Lipinski definition) is 1. The van der Waals surface area contributed by atoms with Crippen LogP contribution in [-0.2, 0) is 13.2 Å². The Morgan fingerprint density at radius 1 is 0.868 bits per heavy atom. The Hall–Kier alpha value is -3.63. The van der Waals surface area contributed by atoms with Crippen LogP contribution in [0.3, 0.4) is 0 Å². The standard InChI is InChI=1S/C33H36FN3O/c1-2-32-29(24-35-23-26-11-14-30(34)15-12-26)21-28-13-16-31(38-25-27-9-5-3-6-10-27)22-33(28)37(32)20-19-36-17-7-4-8-18-36/h3,5-6,9-16,21-22,35H,1,4,7-8,17-20,23-25H2. The third kappa shape index (κ3) is 6.62. The van der Waals surface area contributed by atoms with Gasteiger partial charge in [-0.3, -0.25) is 0 Å². The van der Waals surface area contributed by atoms with Crippen molar-refractivity contribution in [1.82, 2.24) is 10.2 Å². The highest BCUT2D eigenvalue weighted by Gasteiger charge is 2.24. The van der Waals surface area contributed by atoms with E-state index in [4.69, 9.17) is 4.74 Å². The normalized spacial score (nSPS) is 15.6. The topological polar surface area (TPSA) is 27.7 Å². The van der Waals surface area contributed by atoms with Crippen LogP contribution in [0.1, 0.15) is 36.0 Å². The van der Waals surface area contributed by atoms with Crippen LogP contribution >= 0.6 is 0 Å². The fraction of sp³-hybridized carbons (Fsp3) is 0.303. The first-order valence-corrected chi connectivity index (χ1v) is 13.6. The van der Waals surface area contributed by atoms with Gasteiger partial charge in [-0.05, 0) is 78.5 Å². The molecule has 0 unspecified atom stereocenters. The smallest absolute Gasteiger partial charge is 0.123 e. The summed E-state index contributed by atoms with van der Waals surface area (Å²) >= 11 is 0. The molecule has 0 saturated carbocycles. The van der Waals surface area contributed by atoms with E-state index in [1.165, 1.54) is 31.4 Å². The lowest BCUT2D eigenvalue weighted by atomic mass is 9.98. The van der Waals surface area contributed by atoms with Gasteiger partial charge in [-0.2, -0.15) is 0 Å². The molecule has 0 amide bonds. The molecule has 1 fully saturated rings. The van der Waals surface area contributed by atoms with Crippen molar-refractivity contribution in [3.63, 3.8) is 0 Å². The second-order valence-corrected chi connectivity index (χ2v) is 9.97. The van der Waals surface area contributed by atoms with Crippen LogP contribution in [0.4, 0.5) is 10.1 Å². The van der Waals surface area contributed by atoms with Gasteiger partial charge in [-0.1, -0.05) is 55.5 Å². The summed E-state index contributed by atoms with van der Waals surface area (Å²) < 4.78 is 19.5. The van der Waals surface area contributed by atoms with Gasteiger partial charge in [0.1, 0.15) is 18.2 Å².